The van der Waals surface area contributed by atoms with Crippen LogP contribution >= 0.6 is 0 Å². The molecule has 0 aliphatic carbocycles. The Balaban J connectivity index is 1.78. The molecule has 3 rings (SSSR count). The van der Waals surface area contributed by atoms with E-state index in [2.05, 4.69) is 22.1 Å². The van der Waals surface area contributed by atoms with Crippen LogP contribution in [0.4, 0.5) is 4.39 Å². The molecule has 24 heavy (non-hydrogen) atoms. The molecule has 0 radical (unpaired) electrons. The van der Waals surface area contributed by atoms with Gasteiger partial charge in [0.2, 0.25) is 0 Å². The van der Waals surface area contributed by atoms with Crippen LogP contribution in [0.3, 0.4) is 0 Å². The first-order valence-corrected chi connectivity index (χ1v) is 7.76. The lowest BCUT2D eigenvalue weighted by Crippen LogP contribution is -2.06. The van der Waals surface area contributed by atoms with E-state index in [0.29, 0.717) is 5.56 Å². The number of halogens is 1. The van der Waals surface area contributed by atoms with E-state index in [4.69, 9.17) is 5.26 Å². The molecule has 1 unspecified atom stereocenters. The molecule has 0 spiro atoms. The van der Waals surface area contributed by atoms with Crippen molar-refractivity contribution >= 4 is 18.1 Å². The molecule has 0 saturated heterocycles. The molecular weight excluding hydrogens is 301 g/mol. The molecule has 1 aliphatic heterocycles. The Morgan fingerprint density at radius 2 is 1.88 bits per heavy atom. The Hall–Kier alpha value is -3.06. The second kappa shape index (κ2) is 7.47. The molecule has 1 atom stereocenters. The van der Waals surface area contributed by atoms with Crippen molar-refractivity contribution in [3.05, 3.63) is 77.1 Å². The Kier molecular flexibility index (Phi) is 4.93. The van der Waals surface area contributed by atoms with Crippen molar-refractivity contribution < 1.29 is 4.39 Å². The van der Waals surface area contributed by atoms with Crippen LogP contribution in [0.25, 0.3) is 5.57 Å². The zero-order valence-corrected chi connectivity index (χ0v) is 13.1. The molecule has 0 N–H and O–H groups in total. The minimum Gasteiger partial charge on any atom is -0.260 e. The smallest absolute Gasteiger partial charge is 0.123 e. The van der Waals surface area contributed by atoms with Gasteiger partial charge in [0.15, 0.2) is 0 Å². The van der Waals surface area contributed by atoms with Gasteiger partial charge in [-0.05, 0) is 53.8 Å². The third-order valence-corrected chi connectivity index (χ3v) is 3.90. The standard InChI is InChI=1S/C20H16FN3/c21-18-10-6-15(7-11-18)2-1-3-19(20-13-23-14-24-20)17-8-4-16(12-22)5-9-17/h3-11,13-14,20H,1-2H2/b19-3+. The van der Waals surface area contributed by atoms with Crippen molar-refractivity contribution in [2.75, 3.05) is 0 Å². The fourth-order valence-corrected chi connectivity index (χ4v) is 2.62. The highest BCUT2D eigenvalue weighted by molar-refractivity contribution is 5.94. The van der Waals surface area contributed by atoms with Gasteiger partial charge in [0.1, 0.15) is 18.2 Å². The maximum Gasteiger partial charge on any atom is 0.123 e. The first kappa shape index (κ1) is 15.8. The van der Waals surface area contributed by atoms with Gasteiger partial charge >= 0.3 is 0 Å². The molecule has 2 aromatic rings. The first-order chi connectivity index (χ1) is 11.8. The van der Waals surface area contributed by atoms with Gasteiger partial charge in [-0.15, -0.1) is 0 Å². The van der Waals surface area contributed by atoms with Gasteiger partial charge in [-0.25, -0.2) is 9.38 Å². The number of hydrogen-bond donors (Lipinski definition) is 0. The number of rotatable bonds is 5. The topological polar surface area (TPSA) is 48.5 Å². The predicted molar refractivity (Wildman–Crippen MR) is 94.6 cm³/mol. The summed E-state index contributed by atoms with van der Waals surface area (Å²) in [6.07, 6.45) is 7.16. The Morgan fingerprint density at radius 1 is 1.12 bits per heavy atom. The summed E-state index contributed by atoms with van der Waals surface area (Å²) in [6.45, 7) is 0. The Bertz CT molecular complexity index is 813. The lowest BCUT2D eigenvalue weighted by molar-refractivity contribution is 0.627. The van der Waals surface area contributed by atoms with E-state index in [9.17, 15) is 4.39 Å². The average Bonchev–Trinajstić information content (AvgIpc) is 3.15. The zero-order valence-electron chi connectivity index (χ0n) is 13.1. The van der Waals surface area contributed by atoms with Crippen molar-refractivity contribution in [3.8, 4) is 6.07 Å². The quantitative estimate of drug-likeness (QED) is 0.815. The van der Waals surface area contributed by atoms with Crippen LogP contribution in [0.5, 0.6) is 0 Å². The maximum atomic E-state index is 13.0. The summed E-state index contributed by atoms with van der Waals surface area (Å²) < 4.78 is 13.0. The Morgan fingerprint density at radius 3 is 2.50 bits per heavy atom. The van der Waals surface area contributed by atoms with Crippen LogP contribution < -0.4 is 0 Å². The lowest BCUT2D eigenvalue weighted by Gasteiger charge is -2.11. The molecule has 0 aromatic heterocycles. The van der Waals surface area contributed by atoms with Gasteiger partial charge in [-0.3, -0.25) is 4.99 Å². The molecule has 0 bridgehead atoms. The fourth-order valence-electron chi connectivity index (χ4n) is 2.62. The third-order valence-electron chi connectivity index (χ3n) is 3.90. The maximum absolute atomic E-state index is 13.0. The second-order valence-corrected chi connectivity index (χ2v) is 5.52. The van der Waals surface area contributed by atoms with E-state index >= 15 is 0 Å². The number of benzene rings is 2. The van der Waals surface area contributed by atoms with Crippen LogP contribution in [0.1, 0.15) is 23.1 Å². The van der Waals surface area contributed by atoms with Crippen molar-refractivity contribution in [1.82, 2.24) is 0 Å². The van der Waals surface area contributed by atoms with Gasteiger partial charge in [0.05, 0.1) is 11.6 Å². The minimum atomic E-state index is -0.218. The highest BCUT2D eigenvalue weighted by Crippen LogP contribution is 2.23. The van der Waals surface area contributed by atoms with Gasteiger partial charge in [0, 0.05) is 6.21 Å². The van der Waals surface area contributed by atoms with Crippen LogP contribution in [0.2, 0.25) is 0 Å². The van der Waals surface area contributed by atoms with Crippen LogP contribution in [0.15, 0.2) is 64.6 Å². The zero-order chi connectivity index (χ0) is 16.8. The highest BCUT2D eigenvalue weighted by atomic mass is 19.1. The highest BCUT2D eigenvalue weighted by Gasteiger charge is 2.14. The average molecular weight is 317 g/mol. The molecule has 1 aliphatic rings. The molecule has 0 fully saturated rings. The van der Waals surface area contributed by atoms with E-state index in [-0.39, 0.29) is 11.9 Å². The lowest BCUT2D eigenvalue weighted by atomic mass is 9.96. The van der Waals surface area contributed by atoms with Gasteiger partial charge in [-0.1, -0.05) is 30.3 Å². The van der Waals surface area contributed by atoms with E-state index < -0.39 is 0 Å². The first-order valence-electron chi connectivity index (χ1n) is 7.76. The van der Waals surface area contributed by atoms with E-state index in [0.717, 1.165) is 29.5 Å². The third kappa shape index (κ3) is 3.82. The van der Waals surface area contributed by atoms with Gasteiger partial charge < -0.3 is 0 Å². The number of allylic oxidation sites excluding steroid dienone is 1. The molecular formula is C20H16FN3. The summed E-state index contributed by atoms with van der Waals surface area (Å²) in [5.74, 6) is -0.218. The minimum absolute atomic E-state index is 0.0915. The SMILES string of the molecule is N#Cc1ccc(/C(=C\CCc2ccc(F)cc2)C2C=NC=N2)cc1. The largest absolute Gasteiger partial charge is 0.260 e. The fraction of sp³-hybridized carbons (Fsp3) is 0.150. The summed E-state index contributed by atoms with van der Waals surface area (Å²) in [7, 11) is 0. The summed E-state index contributed by atoms with van der Waals surface area (Å²) >= 11 is 0. The van der Waals surface area contributed by atoms with Gasteiger partial charge in [0.25, 0.3) is 0 Å². The predicted octanol–water partition coefficient (Wildman–Crippen LogP) is 4.19. The van der Waals surface area contributed by atoms with Crippen molar-refractivity contribution in [2.24, 2.45) is 9.98 Å². The monoisotopic (exact) mass is 317 g/mol. The number of aryl methyl sites for hydroxylation is 1. The number of aliphatic imine (C=N–C) groups is 2. The number of hydrogen-bond acceptors (Lipinski definition) is 3. The summed E-state index contributed by atoms with van der Waals surface area (Å²) in [4.78, 5) is 8.43. The van der Waals surface area contributed by atoms with Crippen molar-refractivity contribution in [3.63, 3.8) is 0 Å². The van der Waals surface area contributed by atoms with Crippen LogP contribution in [0, 0.1) is 17.1 Å². The number of nitrogens with zero attached hydrogens (tertiary/aromatic N) is 3. The van der Waals surface area contributed by atoms with E-state index in [1.807, 2.05) is 18.3 Å². The molecule has 2 aromatic carbocycles. The van der Waals surface area contributed by atoms with E-state index in [1.54, 1.807) is 30.6 Å². The second-order valence-electron chi connectivity index (χ2n) is 5.52. The Labute approximate surface area is 140 Å². The summed E-state index contributed by atoms with van der Waals surface area (Å²) in [6, 6.07) is 16.1. The molecule has 0 saturated carbocycles. The summed E-state index contributed by atoms with van der Waals surface area (Å²) in [5, 5.41) is 8.93. The molecule has 1 heterocycles. The van der Waals surface area contributed by atoms with Crippen LogP contribution in [-0.4, -0.2) is 18.6 Å². The van der Waals surface area contributed by atoms with Gasteiger partial charge in [-0.2, -0.15) is 5.26 Å². The molecule has 3 nitrogen and oxygen atoms in total. The molecule has 0 amide bonds. The molecule has 4 heteroatoms. The number of nitriles is 1. The summed E-state index contributed by atoms with van der Waals surface area (Å²) in [5.41, 5.74) is 3.83. The van der Waals surface area contributed by atoms with Crippen molar-refractivity contribution in [1.29, 1.82) is 5.26 Å². The van der Waals surface area contributed by atoms with Crippen LogP contribution in [-0.2, 0) is 6.42 Å². The van der Waals surface area contributed by atoms with Crippen molar-refractivity contribution in [2.45, 2.75) is 18.9 Å². The molecule has 118 valence electrons. The van der Waals surface area contributed by atoms with E-state index in [1.165, 1.54) is 12.1 Å². The normalized spacial score (nSPS) is 16.3.